The Morgan fingerprint density at radius 2 is 2.08 bits per heavy atom. The number of rotatable bonds is 4. The van der Waals surface area contributed by atoms with Crippen LogP contribution in [0.25, 0.3) is 0 Å². The summed E-state index contributed by atoms with van der Waals surface area (Å²) in [5.41, 5.74) is 5.16. The molecule has 0 rings (SSSR count). The topological polar surface area (TPSA) is 64.3 Å². The average Bonchev–Trinajstić information content (AvgIpc) is 1.97. The van der Waals surface area contributed by atoms with Crippen LogP contribution < -0.4 is 11.1 Å². The van der Waals surface area contributed by atoms with Crippen molar-refractivity contribution in [3.63, 3.8) is 0 Å². The van der Waals surface area contributed by atoms with Crippen molar-refractivity contribution in [3.05, 3.63) is 0 Å². The van der Waals surface area contributed by atoms with E-state index in [0.717, 1.165) is 0 Å². The number of esters is 1. The van der Waals surface area contributed by atoms with Crippen LogP contribution in [0.2, 0.25) is 0 Å². The third kappa shape index (κ3) is 7.74. The number of carbonyl (C=O) groups is 1. The molecule has 1 atom stereocenters. The molecular formula is C9H20N2O2. The highest BCUT2D eigenvalue weighted by molar-refractivity contribution is 5.69. The van der Waals surface area contributed by atoms with E-state index >= 15 is 0 Å². The SMILES string of the molecule is CNC(N)CCC(=O)OC(C)(C)C. The van der Waals surface area contributed by atoms with E-state index in [2.05, 4.69) is 5.32 Å². The number of nitrogens with one attached hydrogen (secondary N) is 1. The van der Waals surface area contributed by atoms with Crippen molar-refractivity contribution in [3.8, 4) is 0 Å². The molecule has 0 aliphatic heterocycles. The Hall–Kier alpha value is -0.610. The number of ether oxygens (including phenoxy) is 1. The minimum Gasteiger partial charge on any atom is -0.460 e. The summed E-state index contributed by atoms with van der Waals surface area (Å²) in [5, 5.41) is 2.85. The van der Waals surface area contributed by atoms with Gasteiger partial charge >= 0.3 is 5.97 Å². The Morgan fingerprint density at radius 3 is 2.46 bits per heavy atom. The predicted molar refractivity (Wildman–Crippen MR) is 52.1 cm³/mol. The van der Waals surface area contributed by atoms with Gasteiger partial charge in [0.25, 0.3) is 0 Å². The zero-order chi connectivity index (χ0) is 10.5. The lowest BCUT2D eigenvalue weighted by molar-refractivity contribution is -0.155. The van der Waals surface area contributed by atoms with Crippen LogP contribution in [0.5, 0.6) is 0 Å². The maximum absolute atomic E-state index is 11.2. The second-order valence-corrected chi connectivity index (χ2v) is 4.02. The Morgan fingerprint density at radius 1 is 1.54 bits per heavy atom. The molecule has 0 spiro atoms. The predicted octanol–water partition coefficient (Wildman–Crippen LogP) is 0.612. The van der Waals surface area contributed by atoms with Crippen LogP contribution in [-0.4, -0.2) is 24.8 Å². The molecule has 0 bridgehead atoms. The first kappa shape index (κ1) is 12.4. The molecule has 0 aliphatic rings. The number of carbonyl (C=O) groups excluding carboxylic acids is 1. The molecule has 0 aromatic carbocycles. The van der Waals surface area contributed by atoms with Crippen molar-refractivity contribution in [2.24, 2.45) is 5.73 Å². The van der Waals surface area contributed by atoms with E-state index in [0.29, 0.717) is 12.8 Å². The highest BCUT2D eigenvalue weighted by Gasteiger charge is 2.16. The van der Waals surface area contributed by atoms with Crippen molar-refractivity contribution >= 4 is 5.97 Å². The van der Waals surface area contributed by atoms with Gasteiger partial charge in [-0.1, -0.05) is 0 Å². The molecule has 78 valence electrons. The highest BCUT2D eigenvalue weighted by atomic mass is 16.6. The average molecular weight is 188 g/mol. The summed E-state index contributed by atoms with van der Waals surface area (Å²) >= 11 is 0. The monoisotopic (exact) mass is 188 g/mol. The number of hydrogen-bond donors (Lipinski definition) is 2. The van der Waals surface area contributed by atoms with Crippen molar-refractivity contribution in [1.82, 2.24) is 5.32 Å². The molecular weight excluding hydrogens is 168 g/mol. The van der Waals surface area contributed by atoms with Crippen molar-refractivity contribution < 1.29 is 9.53 Å². The van der Waals surface area contributed by atoms with E-state index in [1.165, 1.54) is 0 Å². The molecule has 4 nitrogen and oxygen atoms in total. The number of hydrogen-bond acceptors (Lipinski definition) is 4. The standard InChI is InChI=1S/C9H20N2O2/c1-9(2,3)13-8(12)6-5-7(10)11-4/h7,11H,5-6,10H2,1-4H3. The summed E-state index contributed by atoms with van der Waals surface area (Å²) in [6.45, 7) is 5.55. The highest BCUT2D eigenvalue weighted by Crippen LogP contribution is 2.09. The normalized spacial score (nSPS) is 13.9. The van der Waals surface area contributed by atoms with Gasteiger partial charge < -0.3 is 15.8 Å². The van der Waals surface area contributed by atoms with Gasteiger partial charge in [-0.05, 0) is 34.2 Å². The summed E-state index contributed by atoms with van der Waals surface area (Å²) in [4.78, 5) is 11.2. The second-order valence-electron chi connectivity index (χ2n) is 4.02. The van der Waals surface area contributed by atoms with Crippen LogP contribution in [-0.2, 0) is 9.53 Å². The molecule has 13 heavy (non-hydrogen) atoms. The summed E-state index contributed by atoms with van der Waals surface area (Å²) in [6, 6.07) is 0. The van der Waals surface area contributed by atoms with Gasteiger partial charge in [0.15, 0.2) is 0 Å². The molecule has 0 amide bonds. The fourth-order valence-corrected chi connectivity index (χ4v) is 0.810. The molecule has 0 aromatic heterocycles. The van der Waals surface area contributed by atoms with E-state index in [1.54, 1.807) is 7.05 Å². The van der Waals surface area contributed by atoms with Crippen LogP contribution in [0.3, 0.4) is 0 Å². The quantitative estimate of drug-likeness (QED) is 0.501. The molecule has 0 aromatic rings. The van der Waals surface area contributed by atoms with E-state index in [9.17, 15) is 4.79 Å². The van der Waals surface area contributed by atoms with Gasteiger partial charge in [-0.15, -0.1) is 0 Å². The van der Waals surface area contributed by atoms with Gasteiger partial charge in [0.2, 0.25) is 0 Å². The first-order chi connectivity index (χ1) is 5.85. The van der Waals surface area contributed by atoms with Gasteiger partial charge in [0.1, 0.15) is 5.60 Å². The first-order valence-corrected chi connectivity index (χ1v) is 4.50. The molecule has 0 fully saturated rings. The van der Waals surface area contributed by atoms with Crippen LogP contribution in [0, 0.1) is 0 Å². The summed E-state index contributed by atoms with van der Waals surface area (Å²) in [6.07, 6.45) is 0.831. The minimum absolute atomic E-state index is 0.132. The van der Waals surface area contributed by atoms with Crippen molar-refractivity contribution in [1.29, 1.82) is 0 Å². The first-order valence-electron chi connectivity index (χ1n) is 4.50. The van der Waals surface area contributed by atoms with Gasteiger partial charge in [-0.2, -0.15) is 0 Å². The van der Waals surface area contributed by atoms with Crippen LogP contribution >= 0.6 is 0 Å². The third-order valence-electron chi connectivity index (χ3n) is 1.45. The Balaban J connectivity index is 3.64. The fourth-order valence-electron chi connectivity index (χ4n) is 0.810. The number of nitrogens with two attached hydrogens (primary N) is 1. The summed E-state index contributed by atoms with van der Waals surface area (Å²) in [7, 11) is 1.76. The lowest BCUT2D eigenvalue weighted by Gasteiger charge is -2.20. The molecule has 0 radical (unpaired) electrons. The summed E-state index contributed by atoms with van der Waals surface area (Å²) in [5.74, 6) is -0.196. The van der Waals surface area contributed by atoms with Crippen LogP contribution in [0.1, 0.15) is 33.6 Å². The molecule has 4 heteroatoms. The van der Waals surface area contributed by atoms with E-state index < -0.39 is 5.60 Å². The van der Waals surface area contributed by atoms with E-state index in [-0.39, 0.29) is 12.1 Å². The van der Waals surface area contributed by atoms with Gasteiger partial charge in [-0.3, -0.25) is 4.79 Å². The minimum atomic E-state index is -0.402. The van der Waals surface area contributed by atoms with Crippen LogP contribution in [0.15, 0.2) is 0 Å². The second kappa shape index (κ2) is 5.19. The molecule has 0 saturated heterocycles. The Labute approximate surface area is 79.8 Å². The Bertz CT molecular complexity index is 163. The molecule has 0 saturated carbocycles. The van der Waals surface area contributed by atoms with Gasteiger partial charge in [0.05, 0.1) is 6.17 Å². The van der Waals surface area contributed by atoms with Crippen molar-refractivity contribution in [2.75, 3.05) is 7.05 Å². The zero-order valence-corrected chi connectivity index (χ0v) is 8.89. The Kier molecular flexibility index (Phi) is 4.95. The van der Waals surface area contributed by atoms with E-state index in [1.807, 2.05) is 20.8 Å². The molecule has 1 unspecified atom stereocenters. The molecule has 0 aliphatic carbocycles. The lowest BCUT2D eigenvalue weighted by Crippen LogP contribution is -2.35. The third-order valence-corrected chi connectivity index (χ3v) is 1.45. The summed E-state index contributed by atoms with van der Waals surface area (Å²) < 4.78 is 5.11. The molecule has 3 N–H and O–H groups in total. The fraction of sp³-hybridized carbons (Fsp3) is 0.889. The zero-order valence-electron chi connectivity index (χ0n) is 8.89. The largest absolute Gasteiger partial charge is 0.460 e. The lowest BCUT2D eigenvalue weighted by atomic mass is 10.2. The van der Waals surface area contributed by atoms with Crippen LogP contribution in [0.4, 0.5) is 0 Å². The van der Waals surface area contributed by atoms with Crippen molar-refractivity contribution in [2.45, 2.75) is 45.4 Å². The maximum Gasteiger partial charge on any atom is 0.306 e. The van der Waals surface area contributed by atoms with E-state index in [4.69, 9.17) is 10.5 Å². The molecule has 0 heterocycles. The maximum atomic E-state index is 11.2. The smallest absolute Gasteiger partial charge is 0.306 e. The van der Waals surface area contributed by atoms with Gasteiger partial charge in [-0.25, -0.2) is 0 Å². The van der Waals surface area contributed by atoms with Gasteiger partial charge in [0, 0.05) is 6.42 Å².